The Bertz CT molecular complexity index is 4230. The average Bonchev–Trinajstić information content (AvgIpc) is 0.825. The highest BCUT2D eigenvalue weighted by Crippen LogP contribution is 2.47. The van der Waals surface area contributed by atoms with E-state index in [4.69, 9.17) is 81.6 Å². The molecule has 110 heavy (non-hydrogen) atoms. The number of aromatic nitrogens is 8. The van der Waals surface area contributed by atoms with Gasteiger partial charge in [-0.15, -0.1) is 0 Å². The Morgan fingerprint density at radius 3 is 1.15 bits per heavy atom. The van der Waals surface area contributed by atoms with Crippen LogP contribution in [-0.2, 0) is 62.7 Å². The van der Waals surface area contributed by atoms with E-state index in [-0.39, 0.29) is 36.2 Å². The highest BCUT2D eigenvalue weighted by atomic mass is 28.4. The average molecular weight is 1540 g/mol. The second-order valence-electron chi connectivity index (χ2n) is 29.7. The van der Waals surface area contributed by atoms with Crippen molar-refractivity contribution in [2.45, 2.75) is 160 Å². The first-order valence-corrected chi connectivity index (χ1v) is 42.0. The number of hydrazine groups is 1. The van der Waals surface area contributed by atoms with Crippen molar-refractivity contribution in [3.8, 4) is 11.5 Å². The number of carboxylic acids is 1. The zero-order valence-corrected chi connectivity index (χ0v) is 67.4. The molecule has 0 aliphatic carbocycles. The molecular formula is C81H104N12O15Si2. The summed E-state index contributed by atoms with van der Waals surface area (Å²) in [5, 5.41) is 26.7. The number of benzene rings is 6. The van der Waals surface area contributed by atoms with E-state index in [2.05, 4.69) is 163 Å². The maximum Gasteiger partial charge on any atom is 0.304 e. The smallest absolute Gasteiger partial charge is 0.304 e. The van der Waals surface area contributed by atoms with Gasteiger partial charge in [0, 0.05) is 26.7 Å². The fourth-order valence-corrected chi connectivity index (χ4v) is 14.8. The van der Waals surface area contributed by atoms with Gasteiger partial charge in [0.1, 0.15) is 65.9 Å². The second kappa shape index (κ2) is 36.7. The maximum atomic E-state index is 11.7. The van der Waals surface area contributed by atoms with Gasteiger partial charge in [-0.3, -0.25) is 35.2 Å². The number of carbonyl (C=O) groups excluding carboxylic acids is 2. The standard InChI is InChI=1S/C40H49N5O6Si.C39H47N5O7Si.C2H4O2.H4N2/c1-27-35(49-26-48-28(2)46)33(23-50-52(7,8)39(3,4)5)51-38(27)45-25-43-34-36(41-24-42-37(34)45)44-40(29-15-11-9-12-16-29,30-17-13-10-14-18-30)31-19-21-32(47-6)22-20-31;1-26(45)48-25-49-34-31(22-50-52(6,7)38(2,3)4)51-37(33(34)46)44-24-42-32-35(40-23-41-36(32)44)43-39(27-14-10-8-11-15-27,28-16-12-9-13-17-28)29-18-20-30(47-5)21-19-29;1-2(3)4;1-2/h9-22,24-25,27,33,35,38H,23,26H2,1-8H3,(H,41,42,44);8-21,23-24,31,33-34,37,46H,22,25H2,1-7H3,(H,40,41,43);1H3,(H,3,4);1-2H2/t27?,33-,35?,38-;31-,33?,34?,37-;;/m11../s1. The number of hydrogen-bond acceptors (Lipinski definition) is 24. The van der Waals surface area contributed by atoms with Crippen molar-refractivity contribution in [1.82, 2.24) is 39.0 Å². The highest BCUT2D eigenvalue weighted by Gasteiger charge is 2.50. The molecular weight excluding hydrogens is 1440 g/mol. The minimum absolute atomic E-state index is 0.0200. The number of aliphatic hydroxyl groups is 1. The van der Waals surface area contributed by atoms with E-state index in [1.165, 1.54) is 20.2 Å². The molecule has 27 nitrogen and oxygen atoms in total. The van der Waals surface area contributed by atoms with Crippen LogP contribution in [0.2, 0.25) is 36.3 Å². The summed E-state index contributed by atoms with van der Waals surface area (Å²) >= 11 is 0. The van der Waals surface area contributed by atoms with Crippen LogP contribution in [0.1, 0.15) is 115 Å². The lowest BCUT2D eigenvalue weighted by Crippen LogP contribution is -2.45. The Morgan fingerprint density at radius 2 is 0.809 bits per heavy atom. The summed E-state index contributed by atoms with van der Waals surface area (Å²) < 4.78 is 63.3. The molecule has 4 unspecified atom stereocenters. The maximum absolute atomic E-state index is 11.7. The number of carboxylic acid groups (broad SMARTS) is 1. The van der Waals surface area contributed by atoms with E-state index in [0.717, 1.165) is 51.8 Å². The van der Waals surface area contributed by atoms with Gasteiger partial charge in [0.25, 0.3) is 5.97 Å². The molecule has 2 aliphatic heterocycles. The van der Waals surface area contributed by atoms with Crippen LogP contribution in [-0.4, -0.2) is 155 Å². The molecule has 6 aromatic carbocycles. The Labute approximate surface area is 644 Å². The SMILES string of the molecule is CC(=O)O.COc1ccc(C(Nc2ncnc3c2ncn3[C@@H]2O[C@H](CO[Si](C)(C)C(C)(C)C)C(OCOC(C)=O)C2C)(c2ccccc2)c2ccccc2)cc1.COc1ccc(C(Nc2ncnc3c2ncn3[C@@H]2O[C@H](CO[Si](C)(C)C(C)(C)C)C(OCOC(C)=O)C2O)(c2ccccc2)c2ccccc2)cc1.NN. The lowest BCUT2D eigenvalue weighted by atomic mass is 9.77. The van der Waals surface area contributed by atoms with E-state index in [1.807, 2.05) is 114 Å². The Balaban J connectivity index is 0.000000236. The summed E-state index contributed by atoms with van der Waals surface area (Å²) in [5.74, 6) is 8.62. The number of ether oxygens (including phenoxy) is 8. The van der Waals surface area contributed by atoms with Gasteiger partial charge in [-0.05, 0) is 93.9 Å². The number of nitrogens with one attached hydrogen (secondary N) is 2. The minimum atomic E-state index is -2.18. The molecule has 4 aromatic heterocycles. The van der Waals surface area contributed by atoms with Gasteiger partial charge in [0.15, 0.2) is 70.4 Å². The second-order valence-corrected chi connectivity index (χ2v) is 39.3. The van der Waals surface area contributed by atoms with Crippen LogP contribution in [0, 0.1) is 5.92 Å². The van der Waals surface area contributed by atoms with Crippen molar-refractivity contribution < 1.29 is 71.3 Å². The molecule has 0 radical (unpaired) electrons. The Kier molecular flexibility index (Phi) is 28.1. The quantitative estimate of drug-likeness (QED) is 0.00732. The normalized spacial score (nSPS) is 18.7. The molecule has 0 spiro atoms. The zero-order valence-electron chi connectivity index (χ0n) is 65.4. The van der Waals surface area contributed by atoms with Gasteiger partial charge in [-0.2, -0.15) is 0 Å². The number of aliphatic hydroxyl groups excluding tert-OH is 1. The van der Waals surface area contributed by atoms with Crippen molar-refractivity contribution in [3.63, 3.8) is 0 Å². The third kappa shape index (κ3) is 19.1. The number of carbonyl (C=O) groups is 3. The van der Waals surface area contributed by atoms with Crippen LogP contribution in [0.25, 0.3) is 22.3 Å². The predicted octanol–water partition coefficient (Wildman–Crippen LogP) is 13.0. The van der Waals surface area contributed by atoms with Crippen molar-refractivity contribution in [2.75, 3.05) is 51.7 Å². The van der Waals surface area contributed by atoms with Crippen LogP contribution >= 0.6 is 0 Å². The molecule has 12 rings (SSSR count). The molecule has 586 valence electrons. The molecule has 6 heterocycles. The Hall–Kier alpha value is -9.90. The summed E-state index contributed by atoms with van der Waals surface area (Å²) in [7, 11) is -0.977. The van der Waals surface area contributed by atoms with Crippen molar-refractivity contribution >= 4 is 68.5 Å². The van der Waals surface area contributed by atoms with Crippen LogP contribution in [0.15, 0.2) is 195 Å². The van der Waals surface area contributed by atoms with Gasteiger partial charge in [0.05, 0.1) is 46.2 Å². The van der Waals surface area contributed by atoms with Gasteiger partial charge in [0.2, 0.25) is 0 Å². The summed E-state index contributed by atoms with van der Waals surface area (Å²) in [6, 6.07) is 56.9. The van der Waals surface area contributed by atoms with Gasteiger partial charge < -0.3 is 67.6 Å². The van der Waals surface area contributed by atoms with Crippen LogP contribution in [0.5, 0.6) is 11.5 Å². The fourth-order valence-electron chi connectivity index (χ4n) is 12.8. The number of aliphatic carboxylic acids is 1. The van der Waals surface area contributed by atoms with Crippen LogP contribution in [0.4, 0.5) is 11.6 Å². The van der Waals surface area contributed by atoms with Crippen molar-refractivity contribution in [1.29, 1.82) is 0 Å². The number of nitrogens with zero attached hydrogens (tertiary/aromatic N) is 8. The van der Waals surface area contributed by atoms with Crippen molar-refractivity contribution in [3.05, 3.63) is 229 Å². The molecule has 29 heteroatoms. The molecule has 10 aromatic rings. The van der Waals surface area contributed by atoms with E-state index in [1.54, 1.807) is 37.8 Å². The van der Waals surface area contributed by atoms with E-state index in [0.29, 0.717) is 40.6 Å². The molecule has 0 amide bonds. The molecule has 0 bridgehead atoms. The third-order valence-electron chi connectivity index (χ3n) is 20.6. The first-order valence-electron chi connectivity index (χ1n) is 36.2. The van der Waals surface area contributed by atoms with E-state index in [9.17, 15) is 14.7 Å². The number of nitrogens with two attached hydrogens (primary N) is 2. The summed E-state index contributed by atoms with van der Waals surface area (Å²) in [4.78, 5) is 60.6. The molecule has 8 atom stereocenters. The lowest BCUT2D eigenvalue weighted by molar-refractivity contribution is -0.166. The fraction of sp³-hybridized carbons (Fsp3) is 0.395. The third-order valence-corrected chi connectivity index (χ3v) is 29.6. The van der Waals surface area contributed by atoms with Crippen LogP contribution < -0.4 is 31.8 Å². The molecule has 2 fully saturated rings. The molecule has 8 N–H and O–H groups in total. The summed E-state index contributed by atoms with van der Waals surface area (Å²) in [6.07, 6.45) is 1.39. The van der Waals surface area contributed by atoms with Gasteiger partial charge in [-0.1, -0.05) is 194 Å². The van der Waals surface area contributed by atoms with E-state index >= 15 is 0 Å². The molecule has 0 saturated carbocycles. The van der Waals surface area contributed by atoms with E-state index < -0.39 is 88.6 Å². The number of anilines is 2. The number of hydrogen-bond donors (Lipinski definition) is 6. The Morgan fingerprint density at radius 1 is 0.491 bits per heavy atom. The van der Waals surface area contributed by atoms with Gasteiger partial charge in [-0.25, -0.2) is 29.9 Å². The first-order chi connectivity index (χ1) is 52.4. The highest BCUT2D eigenvalue weighted by molar-refractivity contribution is 6.74. The lowest BCUT2D eigenvalue weighted by Gasteiger charge is -2.37. The number of fused-ring (bicyclic) bond motifs is 2. The predicted molar refractivity (Wildman–Crippen MR) is 423 cm³/mol. The first kappa shape index (κ1) is 84.1. The monoisotopic (exact) mass is 1540 g/mol. The minimum Gasteiger partial charge on any atom is -0.497 e. The van der Waals surface area contributed by atoms with Gasteiger partial charge >= 0.3 is 11.9 Å². The number of esters is 2. The summed E-state index contributed by atoms with van der Waals surface area (Å²) in [5.41, 5.74) is 6.25. The molecule has 2 aliphatic rings. The van der Waals surface area contributed by atoms with Crippen molar-refractivity contribution in [2.24, 2.45) is 17.6 Å². The van der Waals surface area contributed by atoms with Crippen LogP contribution in [0.3, 0.4) is 0 Å². The zero-order chi connectivity index (χ0) is 79.8. The number of rotatable bonds is 26. The largest absolute Gasteiger partial charge is 0.497 e. The number of imidazole rings is 2. The number of methoxy groups -OCH3 is 2. The molecule has 2 saturated heterocycles. The summed E-state index contributed by atoms with van der Waals surface area (Å²) in [6.45, 7) is 27.6. The topological polar surface area (TPSA) is 347 Å².